The number of pyridine rings is 1. The number of aliphatic hydroxyl groups excluding tert-OH is 2. The predicted octanol–water partition coefficient (Wildman–Crippen LogP) is 1.38. The lowest BCUT2D eigenvalue weighted by molar-refractivity contribution is 0.0879. The Labute approximate surface area is 152 Å². The van der Waals surface area contributed by atoms with E-state index in [0.29, 0.717) is 18.1 Å². The van der Waals surface area contributed by atoms with Crippen molar-refractivity contribution in [1.82, 2.24) is 15.5 Å². The first-order valence-corrected chi connectivity index (χ1v) is 8.64. The Morgan fingerprint density at radius 3 is 2.73 bits per heavy atom. The Hall–Kier alpha value is -2.45. The van der Waals surface area contributed by atoms with Crippen LogP contribution in [0.4, 0.5) is 0 Å². The summed E-state index contributed by atoms with van der Waals surface area (Å²) in [5, 5.41) is 24.6. The Bertz CT molecular complexity index is 695. The molecule has 0 fully saturated rings. The number of aromatic nitrogens is 2. The van der Waals surface area contributed by atoms with Crippen molar-refractivity contribution < 1.29 is 24.3 Å². The number of carbonyl (C=O) groups is 1. The highest BCUT2D eigenvalue weighted by molar-refractivity contribution is 5.94. The zero-order valence-corrected chi connectivity index (χ0v) is 15.1. The number of amides is 1. The van der Waals surface area contributed by atoms with Gasteiger partial charge in [0.25, 0.3) is 5.91 Å². The first kappa shape index (κ1) is 19.9. The Balaban J connectivity index is 1.95. The summed E-state index contributed by atoms with van der Waals surface area (Å²) in [6.45, 7) is 3.59. The Morgan fingerprint density at radius 1 is 1.35 bits per heavy atom. The highest BCUT2D eigenvalue weighted by atomic mass is 16.5. The van der Waals surface area contributed by atoms with Crippen molar-refractivity contribution in [1.29, 1.82) is 0 Å². The number of unbranched alkanes of at least 4 members (excludes halogenated alkanes) is 1. The molecule has 0 unspecified atom stereocenters. The maximum Gasteiger partial charge on any atom is 0.253 e. The molecule has 0 bridgehead atoms. The SMILES string of the molecule is CCCCc1noc(C)c1COc1ccc(C(=O)NC(CO)CO)cn1. The molecule has 142 valence electrons. The molecule has 2 aromatic rings. The predicted molar refractivity (Wildman–Crippen MR) is 93.8 cm³/mol. The van der Waals surface area contributed by atoms with E-state index in [2.05, 4.69) is 22.4 Å². The number of hydrogen-bond donors (Lipinski definition) is 3. The quantitative estimate of drug-likeness (QED) is 0.584. The summed E-state index contributed by atoms with van der Waals surface area (Å²) in [5.74, 6) is 0.685. The molecule has 0 saturated heterocycles. The third kappa shape index (κ3) is 5.27. The van der Waals surface area contributed by atoms with Crippen LogP contribution in [0, 0.1) is 6.92 Å². The summed E-state index contributed by atoms with van der Waals surface area (Å²) in [6.07, 6.45) is 4.33. The van der Waals surface area contributed by atoms with Gasteiger partial charge in [-0.15, -0.1) is 0 Å². The molecular weight excluding hydrogens is 338 g/mol. The summed E-state index contributed by atoms with van der Waals surface area (Å²) in [4.78, 5) is 16.1. The normalized spacial score (nSPS) is 11.0. The number of carbonyl (C=O) groups excluding carboxylic acids is 1. The molecule has 0 aromatic carbocycles. The smallest absolute Gasteiger partial charge is 0.253 e. The van der Waals surface area contributed by atoms with E-state index in [-0.39, 0.29) is 13.2 Å². The lowest BCUT2D eigenvalue weighted by Crippen LogP contribution is -2.40. The molecule has 0 aliphatic heterocycles. The fourth-order valence-corrected chi connectivity index (χ4v) is 2.33. The van der Waals surface area contributed by atoms with E-state index < -0.39 is 11.9 Å². The van der Waals surface area contributed by atoms with Crippen molar-refractivity contribution in [2.75, 3.05) is 13.2 Å². The summed E-state index contributed by atoms with van der Waals surface area (Å²) in [6, 6.07) is 2.47. The number of aliphatic hydroxyl groups is 2. The van der Waals surface area contributed by atoms with E-state index in [1.165, 1.54) is 6.20 Å². The fourth-order valence-electron chi connectivity index (χ4n) is 2.33. The van der Waals surface area contributed by atoms with Crippen LogP contribution in [0.5, 0.6) is 5.88 Å². The molecule has 3 N–H and O–H groups in total. The number of hydrogen-bond acceptors (Lipinski definition) is 7. The monoisotopic (exact) mass is 363 g/mol. The van der Waals surface area contributed by atoms with Crippen LogP contribution in [0.1, 0.15) is 47.1 Å². The molecule has 2 rings (SSSR count). The topological polar surface area (TPSA) is 118 Å². The molecule has 0 radical (unpaired) electrons. The standard InChI is InChI=1S/C18H25N3O5/c1-3-4-5-16-15(12(2)26-21-16)11-25-17-7-6-13(8-19-17)18(24)20-14(9-22)10-23/h6-8,14,22-23H,3-5,9-11H2,1-2H3,(H,20,24). The molecule has 0 spiro atoms. The van der Waals surface area contributed by atoms with Gasteiger partial charge in [-0.3, -0.25) is 4.79 Å². The second kappa shape index (κ2) is 9.88. The van der Waals surface area contributed by atoms with Crippen LogP contribution in [-0.4, -0.2) is 45.5 Å². The summed E-state index contributed by atoms with van der Waals surface area (Å²) < 4.78 is 10.9. The number of nitrogens with zero attached hydrogens (tertiary/aromatic N) is 2. The lowest BCUT2D eigenvalue weighted by Gasteiger charge is -2.13. The average Bonchev–Trinajstić information content (AvgIpc) is 3.02. The molecule has 1 amide bonds. The fraction of sp³-hybridized carbons (Fsp3) is 0.500. The lowest BCUT2D eigenvalue weighted by atomic mass is 10.1. The first-order valence-electron chi connectivity index (χ1n) is 8.64. The summed E-state index contributed by atoms with van der Waals surface area (Å²) >= 11 is 0. The molecule has 26 heavy (non-hydrogen) atoms. The third-order valence-corrected chi connectivity index (χ3v) is 3.97. The maximum atomic E-state index is 12.0. The summed E-state index contributed by atoms with van der Waals surface area (Å²) in [5.41, 5.74) is 2.14. The van der Waals surface area contributed by atoms with Gasteiger partial charge in [0.2, 0.25) is 5.88 Å². The number of rotatable bonds is 10. The van der Waals surface area contributed by atoms with Crippen molar-refractivity contribution in [3.05, 3.63) is 40.9 Å². The van der Waals surface area contributed by atoms with Crippen LogP contribution >= 0.6 is 0 Å². The number of ether oxygens (including phenoxy) is 1. The molecule has 0 saturated carbocycles. The van der Waals surface area contributed by atoms with Gasteiger partial charge >= 0.3 is 0 Å². The van der Waals surface area contributed by atoms with E-state index in [0.717, 1.165) is 36.3 Å². The van der Waals surface area contributed by atoms with Crippen LogP contribution in [-0.2, 0) is 13.0 Å². The second-order valence-corrected chi connectivity index (χ2v) is 5.98. The molecule has 0 aliphatic carbocycles. The van der Waals surface area contributed by atoms with Crippen LogP contribution in [0.3, 0.4) is 0 Å². The average molecular weight is 363 g/mol. The maximum absolute atomic E-state index is 12.0. The van der Waals surface area contributed by atoms with Gasteiger partial charge in [-0.2, -0.15) is 0 Å². The van der Waals surface area contributed by atoms with E-state index in [9.17, 15) is 4.79 Å². The highest BCUT2D eigenvalue weighted by Crippen LogP contribution is 2.18. The van der Waals surface area contributed by atoms with E-state index in [4.69, 9.17) is 19.5 Å². The molecule has 8 heteroatoms. The molecule has 2 aromatic heterocycles. The minimum Gasteiger partial charge on any atom is -0.473 e. The Kier molecular flexibility index (Phi) is 7.55. The van der Waals surface area contributed by atoms with E-state index in [1.54, 1.807) is 12.1 Å². The van der Waals surface area contributed by atoms with Crippen LogP contribution in [0.15, 0.2) is 22.9 Å². The highest BCUT2D eigenvalue weighted by Gasteiger charge is 2.15. The zero-order chi connectivity index (χ0) is 18.9. The van der Waals surface area contributed by atoms with Crippen molar-refractivity contribution in [3.8, 4) is 5.88 Å². The largest absolute Gasteiger partial charge is 0.473 e. The minimum absolute atomic E-state index is 0.296. The minimum atomic E-state index is -0.698. The molecule has 0 aliphatic rings. The third-order valence-electron chi connectivity index (χ3n) is 3.97. The van der Waals surface area contributed by atoms with E-state index >= 15 is 0 Å². The van der Waals surface area contributed by atoms with E-state index in [1.807, 2.05) is 6.92 Å². The van der Waals surface area contributed by atoms with Crippen molar-refractivity contribution >= 4 is 5.91 Å². The van der Waals surface area contributed by atoms with Gasteiger partial charge in [-0.25, -0.2) is 4.98 Å². The van der Waals surface area contributed by atoms with Crippen molar-refractivity contribution in [3.63, 3.8) is 0 Å². The van der Waals surface area contributed by atoms with Gasteiger partial charge in [-0.1, -0.05) is 18.5 Å². The first-order chi connectivity index (χ1) is 12.6. The van der Waals surface area contributed by atoms with Gasteiger partial charge in [-0.05, 0) is 25.8 Å². The number of aryl methyl sites for hydroxylation is 2. The second-order valence-electron chi connectivity index (χ2n) is 5.98. The van der Waals surface area contributed by atoms with Gasteiger partial charge < -0.3 is 24.8 Å². The Morgan fingerprint density at radius 2 is 2.12 bits per heavy atom. The summed E-state index contributed by atoms with van der Waals surface area (Å²) in [7, 11) is 0. The molecule has 2 heterocycles. The molecule has 8 nitrogen and oxygen atoms in total. The number of nitrogens with one attached hydrogen (secondary N) is 1. The van der Waals surface area contributed by atoms with Crippen LogP contribution < -0.4 is 10.1 Å². The van der Waals surface area contributed by atoms with Gasteiger partial charge in [0.1, 0.15) is 12.4 Å². The van der Waals surface area contributed by atoms with Gasteiger partial charge in [0, 0.05) is 12.3 Å². The zero-order valence-electron chi connectivity index (χ0n) is 15.1. The van der Waals surface area contributed by atoms with Gasteiger partial charge in [0.15, 0.2) is 0 Å². The molecular formula is C18H25N3O5. The van der Waals surface area contributed by atoms with Crippen molar-refractivity contribution in [2.45, 2.75) is 45.8 Å². The van der Waals surface area contributed by atoms with Crippen LogP contribution in [0.2, 0.25) is 0 Å². The van der Waals surface area contributed by atoms with Crippen LogP contribution in [0.25, 0.3) is 0 Å². The van der Waals surface area contributed by atoms with Crippen molar-refractivity contribution in [2.24, 2.45) is 0 Å². The molecule has 0 atom stereocenters. The van der Waals surface area contributed by atoms with Gasteiger partial charge in [0.05, 0.1) is 36.1 Å².